The minimum absolute atomic E-state index is 0.0742. The molecule has 0 unspecified atom stereocenters. The highest BCUT2D eigenvalue weighted by atomic mass is 35.5. The minimum atomic E-state index is -0.0889. The smallest absolute Gasteiger partial charge is 0.234 e. The number of nitrogens with one attached hydrogen (secondary N) is 1. The van der Waals surface area contributed by atoms with Gasteiger partial charge in [-0.2, -0.15) is 0 Å². The topological polar surface area (TPSA) is 49.3 Å². The summed E-state index contributed by atoms with van der Waals surface area (Å²) in [7, 11) is 0. The Morgan fingerprint density at radius 2 is 1.86 bits per heavy atom. The fourth-order valence-corrected chi connectivity index (χ4v) is 2.72. The number of carbonyl (C=O) groups is 1. The summed E-state index contributed by atoms with van der Waals surface area (Å²) in [5, 5.41) is 12.7. The number of aliphatic hydroxyl groups excluding tert-OH is 1. The molecule has 3 nitrogen and oxygen atoms in total. The average Bonchev–Trinajstić information content (AvgIpc) is 2.50. The van der Waals surface area contributed by atoms with E-state index in [0.29, 0.717) is 22.0 Å². The van der Waals surface area contributed by atoms with Gasteiger partial charge in [-0.3, -0.25) is 4.79 Å². The number of hydrogen-bond donors (Lipinski definition) is 2. The van der Waals surface area contributed by atoms with Gasteiger partial charge in [0, 0.05) is 22.0 Å². The highest BCUT2D eigenvalue weighted by Crippen LogP contribution is 2.17. The Labute approximate surface area is 133 Å². The summed E-state index contributed by atoms with van der Waals surface area (Å²) in [4.78, 5) is 11.9. The molecule has 5 heteroatoms. The van der Waals surface area contributed by atoms with Crippen molar-refractivity contribution in [3.8, 4) is 0 Å². The standard InChI is InChI=1S/C16H16ClNO2S/c17-14-7-5-12(6-8-14)10-21-11-16(20)18-15-4-2-1-3-13(15)9-19/h1-8,19H,9-11H2,(H,18,20). The molecular formula is C16H16ClNO2S. The van der Waals surface area contributed by atoms with Crippen molar-refractivity contribution < 1.29 is 9.90 Å². The van der Waals surface area contributed by atoms with Gasteiger partial charge in [0.15, 0.2) is 0 Å². The highest BCUT2D eigenvalue weighted by Gasteiger charge is 2.06. The molecule has 0 fully saturated rings. The number of thioether (sulfide) groups is 1. The molecule has 0 aliphatic heterocycles. The number of amides is 1. The van der Waals surface area contributed by atoms with Crippen LogP contribution in [0.2, 0.25) is 5.02 Å². The summed E-state index contributed by atoms with van der Waals surface area (Å²) in [5.74, 6) is 1.05. The summed E-state index contributed by atoms with van der Waals surface area (Å²) >= 11 is 7.36. The fourth-order valence-electron chi connectivity index (χ4n) is 1.81. The summed E-state index contributed by atoms with van der Waals surface area (Å²) in [6.45, 7) is -0.0889. The maximum atomic E-state index is 11.9. The van der Waals surface area contributed by atoms with Crippen molar-refractivity contribution in [1.29, 1.82) is 0 Å². The Morgan fingerprint density at radius 1 is 1.14 bits per heavy atom. The Balaban J connectivity index is 1.81. The van der Waals surface area contributed by atoms with Crippen LogP contribution in [0.4, 0.5) is 5.69 Å². The molecular weight excluding hydrogens is 306 g/mol. The van der Waals surface area contributed by atoms with Crippen molar-refractivity contribution in [2.45, 2.75) is 12.4 Å². The molecule has 2 aromatic carbocycles. The molecule has 0 heterocycles. The highest BCUT2D eigenvalue weighted by molar-refractivity contribution is 7.99. The Bertz CT molecular complexity index is 601. The Kier molecular flexibility index (Phi) is 6.11. The Hall–Kier alpha value is -1.49. The second kappa shape index (κ2) is 8.08. The van der Waals surface area contributed by atoms with Crippen LogP contribution < -0.4 is 5.32 Å². The maximum Gasteiger partial charge on any atom is 0.234 e. The zero-order valence-electron chi connectivity index (χ0n) is 11.4. The summed E-state index contributed by atoms with van der Waals surface area (Å²) < 4.78 is 0. The molecule has 2 rings (SSSR count). The van der Waals surface area contributed by atoms with Crippen LogP contribution in [-0.2, 0) is 17.2 Å². The first-order valence-corrected chi connectivity index (χ1v) is 8.03. The zero-order valence-corrected chi connectivity index (χ0v) is 13.0. The van der Waals surface area contributed by atoms with Gasteiger partial charge in [0.2, 0.25) is 5.91 Å². The molecule has 0 bridgehead atoms. The maximum absolute atomic E-state index is 11.9. The van der Waals surface area contributed by atoms with Gasteiger partial charge in [0.05, 0.1) is 12.4 Å². The second-order valence-corrected chi connectivity index (χ2v) is 5.90. The number of hydrogen-bond acceptors (Lipinski definition) is 3. The van der Waals surface area contributed by atoms with Crippen molar-refractivity contribution in [1.82, 2.24) is 0 Å². The van der Waals surface area contributed by atoms with E-state index in [2.05, 4.69) is 5.32 Å². The number of aliphatic hydroxyl groups is 1. The lowest BCUT2D eigenvalue weighted by molar-refractivity contribution is -0.113. The van der Waals surface area contributed by atoms with Crippen molar-refractivity contribution in [2.24, 2.45) is 0 Å². The molecule has 0 saturated carbocycles. The van der Waals surface area contributed by atoms with Gasteiger partial charge in [0.1, 0.15) is 0 Å². The van der Waals surface area contributed by atoms with E-state index in [-0.39, 0.29) is 12.5 Å². The number of halogens is 1. The molecule has 21 heavy (non-hydrogen) atoms. The Morgan fingerprint density at radius 3 is 2.57 bits per heavy atom. The first kappa shape index (κ1) is 15.9. The van der Waals surface area contributed by atoms with Crippen molar-refractivity contribution in [2.75, 3.05) is 11.1 Å². The molecule has 0 radical (unpaired) electrons. The van der Waals surface area contributed by atoms with E-state index in [1.54, 1.807) is 12.1 Å². The lowest BCUT2D eigenvalue weighted by Crippen LogP contribution is -2.15. The molecule has 110 valence electrons. The van der Waals surface area contributed by atoms with E-state index in [1.807, 2.05) is 36.4 Å². The van der Waals surface area contributed by atoms with Crippen molar-refractivity contribution in [3.63, 3.8) is 0 Å². The fraction of sp³-hybridized carbons (Fsp3) is 0.188. The number of rotatable bonds is 6. The van der Waals surface area contributed by atoms with Crippen LogP contribution in [0.3, 0.4) is 0 Å². The first-order valence-electron chi connectivity index (χ1n) is 6.50. The second-order valence-electron chi connectivity index (χ2n) is 4.48. The van der Waals surface area contributed by atoms with Crippen LogP contribution in [0, 0.1) is 0 Å². The zero-order chi connectivity index (χ0) is 15.1. The summed E-state index contributed by atoms with van der Waals surface area (Å²) in [5.41, 5.74) is 2.51. The third-order valence-electron chi connectivity index (χ3n) is 2.88. The van der Waals surface area contributed by atoms with E-state index < -0.39 is 0 Å². The van der Waals surface area contributed by atoms with Crippen LogP contribution >= 0.6 is 23.4 Å². The van der Waals surface area contributed by atoms with Crippen LogP contribution in [-0.4, -0.2) is 16.8 Å². The predicted octanol–water partition coefficient (Wildman–Crippen LogP) is 3.70. The number of carbonyl (C=O) groups excluding carboxylic acids is 1. The van der Waals surface area contributed by atoms with Crippen LogP contribution in [0.25, 0.3) is 0 Å². The van der Waals surface area contributed by atoms with E-state index in [9.17, 15) is 9.90 Å². The molecule has 0 saturated heterocycles. The van der Waals surface area contributed by atoms with E-state index >= 15 is 0 Å². The summed E-state index contributed by atoms with van der Waals surface area (Å²) in [6, 6.07) is 14.8. The third kappa shape index (κ3) is 5.08. The first-order chi connectivity index (χ1) is 10.2. The van der Waals surface area contributed by atoms with Crippen LogP contribution in [0.1, 0.15) is 11.1 Å². The molecule has 2 aromatic rings. The molecule has 0 spiro atoms. The third-order valence-corrected chi connectivity index (χ3v) is 4.13. The lowest BCUT2D eigenvalue weighted by Gasteiger charge is -2.09. The quantitative estimate of drug-likeness (QED) is 0.853. The van der Waals surface area contributed by atoms with E-state index in [4.69, 9.17) is 11.6 Å². The molecule has 0 aliphatic carbocycles. The molecule has 0 atom stereocenters. The van der Waals surface area contributed by atoms with E-state index in [1.165, 1.54) is 11.8 Å². The normalized spacial score (nSPS) is 10.4. The summed E-state index contributed by atoms with van der Waals surface area (Å²) in [6.07, 6.45) is 0. The monoisotopic (exact) mass is 321 g/mol. The minimum Gasteiger partial charge on any atom is -0.392 e. The van der Waals surface area contributed by atoms with Gasteiger partial charge >= 0.3 is 0 Å². The predicted molar refractivity (Wildman–Crippen MR) is 88.6 cm³/mol. The molecule has 1 amide bonds. The SMILES string of the molecule is O=C(CSCc1ccc(Cl)cc1)Nc1ccccc1CO. The van der Waals surface area contributed by atoms with Gasteiger partial charge in [0.25, 0.3) is 0 Å². The van der Waals surface area contributed by atoms with Gasteiger partial charge in [-0.1, -0.05) is 41.9 Å². The number of benzene rings is 2. The molecule has 0 aromatic heterocycles. The van der Waals surface area contributed by atoms with Crippen LogP contribution in [0.15, 0.2) is 48.5 Å². The van der Waals surface area contributed by atoms with Crippen LogP contribution in [0.5, 0.6) is 0 Å². The van der Waals surface area contributed by atoms with Crippen molar-refractivity contribution >= 4 is 35.0 Å². The van der Waals surface area contributed by atoms with Gasteiger partial charge in [-0.05, 0) is 23.8 Å². The number of anilines is 1. The van der Waals surface area contributed by atoms with Crippen molar-refractivity contribution in [3.05, 3.63) is 64.7 Å². The van der Waals surface area contributed by atoms with Gasteiger partial charge in [-0.15, -0.1) is 11.8 Å². The number of para-hydroxylation sites is 1. The average molecular weight is 322 g/mol. The van der Waals surface area contributed by atoms with Gasteiger partial charge in [-0.25, -0.2) is 0 Å². The largest absolute Gasteiger partial charge is 0.392 e. The molecule has 0 aliphatic rings. The lowest BCUT2D eigenvalue weighted by atomic mass is 10.2. The van der Waals surface area contributed by atoms with Gasteiger partial charge < -0.3 is 10.4 Å². The molecule has 2 N–H and O–H groups in total. The van der Waals surface area contributed by atoms with E-state index in [0.717, 1.165) is 11.3 Å².